The third-order valence-corrected chi connectivity index (χ3v) is 5.46. The van der Waals surface area contributed by atoms with Crippen molar-refractivity contribution in [2.75, 3.05) is 13.1 Å². The Bertz CT molecular complexity index is 216. The molecule has 0 amide bonds. The van der Waals surface area contributed by atoms with Gasteiger partial charge in [-0.3, -0.25) is 0 Å². The van der Waals surface area contributed by atoms with Crippen LogP contribution in [0.15, 0.2) is 0 Å². The zero-order valence-electron chi connectivity index (χ0n) is 13.8. The molecule has 0 saturated heterocycles. The van der Waals surface area contributed by atoms with Gasteiger partial charge in [-0.25, -0.2) is 0 Å². The second-order valence-corrected chi connectivity index (χ2v) is 7.05. The van der Waals surface area contributed by atoms with Gasteiger partial charge in [-0.15, -0.1) is 0 Å². The van der Waals surface area contributed by atoms with E-state index in [0.29, 0.717) is 0 Å². The molecule has 20 heavy (non-hydrogen) atoms. The van der Waals surface area contributed by atoms with E-state index < -0.39 is 0 Å². The van der Waals surface area contributed by atoms with Crippen molar-refractivity contribution in [1.82, 2.24) is 10.6 Å². The standard InChI is InChI=1S/C18H36N2/c1-3-13-19-17(15-9-5-6-10-15)18(20-14-4-2)16-11-7-8-12-16/h15-20H,3-14H2,1-2H3. The fraction of sp³-hybridized carbons (Fsp3) is 1.00. The molecule has 0 heterocycles. The minimum absolute atomic E-state index is 0.729. The van der Waals surface area contributed by atoms with Gasteiger partial charge >= 0.3 is 0 Å². The van der Waals surface area contributed by atoms with E-state index in [0.717, 1.165) is 23.9 Å². The Morgan fingerprint density at radius 2 is 1.05 bits per heavy atom. The van der Waals surface area contributed by atoms with E-state index >= 15 is 0 Å². The molecule has 2 rings (SSSR count). The monoisotopic (exact) mass is 280 g/mol. The van der Waals surface area contributed by atoms with Crippen LogP contribution in [-0.2, 0) is 0 Å². The second-order valence-electron chi connectivity index (χ2n) is 7.05. The summed E-state index contributed by atoms with van der Waals surface area (Å²) in [6, 6.07) is 1.46. The summed E-state index contributed by atoms with van der Waals surface area (Å²) in [4.78, 5) is 0. The summed E-state index contributed by atoms with van der Waals surface area (Å²) in [5.74, 6) is 1.85. The summed E-state index contributed by atoms with van der Waals surface area (Å²) in [6.07, 6.45) is 14.2. The Kier molecular flexibility index (Phi) is 7.37. The lowest BCUT2D eigenvalue weighted by Crippen LogP contribution is -2.55. The fourth-order valence-corrected chi connectivity index (χ4v) is 4.43. The lowest BCUT2D eigenvalue weighted by atomic mass is 9.83. The lowest BCUT2D eigenvalue weighted by molar-refractivity contribution is 0.218. The fourth-order valence-electron chi connectivity index (χ4n) is 4.43. The molecule has 0 aliphatic heterocycles. The van der Waals surface area contributed by atoms with Crippen LogP contribution in [0.5, 0.6) is 0 Å². The summed E-state index contributed by atoms with van der Waals surface area (Å²) < 4.78 is 0. The summed E-state index contributed by atoms with van der Waals surface area (Å²) in [5.41, 5.74) is 0. The Morgan fingerprint density at radius 1 is 0.700 bits per heavy atom. The predicted octanol–water partition coefficient (Wildman–Crippen LogP) is 4.10. The van der Waals surface area contributed by atoms with Crippen LogP contribution >= 0.6 is 0 Å². The SMILES string of the molecule is CCCNC(C1CCCC1)C(NCCC)C1CCCC1. The Hall–Kier alpha value is -0.0800. The van der Waals surface area contributed by atoms with Crippen LogP contribution in [0.25, 0.3) is 0 Å². The van der Waals surface area contributed by atoms with E-state index in [-0.39, 0.29) is 0 Å². The maximum Gasteiger partial charge on any atom is 0.0252 e. The van der Waals surface area contributed by atoms with Crippen LogP contribution < -0.4 is 10.6 Å². The van der Waals surface area contributed by atoms with Gasteiger partial charge in [0.1, 0.15) is 0 Å². The molecule has 2 saturated carbocycles. The van der Waals surface area contributed by atoms with E-state index in [9.17, 15) is 0 Å². The Labute approximate surface area is 126 Å². The first-order valence-electron chi connectivity index (χ1n) is 9.33. The molecule has 0 aromatic carbocycles. The van der Waals surface area contributed by atoms with Gasteiger partial charge in [-0.1, -0.05) is 39.5 Å². The molecule has 0 spiro atoms. The molecular weight excluding hydrogens is 244 g/mol. The molecule has 0 aromatic heterocycles. The molecule has 2 atom stereocenters. The van der Waals surface area contributed by atoms with E-state index in [1.54, 1.807) is 0 Å². The minimum Gasteiger partial charge on any atom is -0.312 e. The van der Waals surface area contributed by atoms with E-state index in [1.165, 1.54) is 77.3 Å². The summed E-state index contributed by atoms with van der Waals surface area (Å²) in [6.45, 7) is 6.97. The number of rotatable bonds is 9. The van der Waals surface area contributed by atoms with E-state index in [4.69, 9.17) is 0 Å². The third kappa shape index (κ3) is 4.46. The van der Waals surface area contributed by atoms with Crippen molar-refractivity contribution in [1.29, 1.82) is 0 Å². The zero-order chi connectivity index (χ0) is 14.2. The molecule has 118 valence electrons. The first-order valence-corrected chi connectivity index (χ1v) is 9.33. The van der Waals surface area contributed by atoms with Gasteiger partial charge < -0.3 is 10.6 Å². The first-order chi connectivity index (χ1) is 9.86. The van der Waals surface area contributed by atoms with Gasteiger partial charge in [-0.05, 0) is 63.5 Å². The van der Waals surface area contributed by atoms with E-state index in [2.05, 4.69) is 24.5 Å². The van der Waals surface area contributed by atoms with Crippen molar-refractivity contribution < 1.29 is 0 Å². The smallest absolute Gasteiger partial charge is 0.0252 e. The van der Waals surface area contributed by atoms with Crippen molar-refractivity contribution in [2.45, 2.75) is 90.1 Å². The molecular formula is C18H36N2. The average molecular weight is 280 g/mol. The summed E-state index contributed by atoms with van der Waals surface area (Å²) in [7, 11) is 0. The Morgan fingerprint density at radius 3 is 1.35 bits per heavy atom. The molecule has 0 aromatic rings. The van der Waals surface area contributed by atoms with Crippen LogP contribution in [0.4, 0.5) is 0 Å². The number of hydrogen-bond acceptors (Lipinski definition) is 2. The highest BCUT2D eigenvalue weighted by atomic mass is 15.0. The molecule has 2 aliphatic rings. The topological polar surface area (TPSA) is 24.1 Å². The van der Waals surface area contributed by atoms with Crippen molar-refractivity contribution >= 4 is 0 Å². The van der Waals surface area contributed by atoms with Gasteiger partial charge in [-0.2, -0.15) is 0 Å². The minimum atomic E-state index is 0.729. The van der Waals surface area contributed by atoms with Crippen molar-refractivity contribution in [2.24, 2.45) is 11.8 Å². The van der Waals surface area contributed by atoms with Crippen LogP contribution in [0, 0.1) is 11.8 Å². The molecule has 2 N–H and O–H groups in total. The summed E-state index contributed by atoms with van der Waals surface area (Å²) in [5, 5.41) is 7.87. The molecule has 2 aliphatic carbocycles. The summed E-state index contributed by atoms with van der Waals surface area (Å²) >= 11 is 0. The second kappa shape index (κ2) is 9.04. The van der Waals surface area contributed by atoms with Crippen molar-refractivity contribution in [3.63, 3.8) is 0 Å². The highest BCUT2D eigenvalue weighted by Gasteiger charge is 2.36. The van der Waals surface area contributed by atoms with Crippen LogP contribution in [0.2, 0.25) is 0 Å². The van der Waals surface area contributed by atoms with E-state index in [1.807, 2.05) is 0 Å². The molecule has 2 nitrogen and oxygen atoms in total. The highest BCUT2D eigenvalue weighted by Crippen LogP contribution is 2.35. The van der Waals surface area contributed by atoms with Gasteiger partial charge in [0.25, 0.3) is 0 Å². The predicted molar refractivity (Wildman–Crippen MR) is 88.1 cm³/mol. The molecule has 0 radical (unpaired) electrons. The molecule has 0 bridgehead atoms. The van der Waals surface area contributed by atoms with Gasteiger partial charge in [0.05, 0.1) is 0 Å². The molecule has 2 fully saturated rings. The molecule has 2 unspecified atom stereocenters. The van der Waals surface area contributed by atoms with Crippen LogP contribution in [0.3, 0.4) is 0 Å². The maximum atomic E-state index is 3.93. The quantitative estimate of drug-likeness (QED) is 0.664. The average Bonchev–Trinajstić information content (AvgIpc) is 3.14. The van der Waals surface area contributed by atoms with Crippen molar-refractivity contribution in [3.05, 3.63) is 0 Å². The van der Waals surface area contributed by atoms with Gasteiger partial charge in [0, 0.05) is 12.1 Å². The van der Waals surface area contributed by atoms with Crippen LogP contribution in [0.1, 0.15) is 78.1 Å². The maximum absolute atomic E-state index is 3.93. The third-order valence-electron chi connectivity index (χ3n) is 5.46. The lowest BCUT2D eigenvalue weighted by Gasteiger charge is -2.37. The normalized spacial score (nSPS) is 24.3. The van der Waals surface area contributed by atoms with Gasteiger partial charge in [0.15, 0.2) is 0 Å². The number of nitrogens with one attached hydrogen (secondary N) is 2. The van der Waals surface area contributed by atoms with Crippen molar-refractivity contribution in [3.8, 4) is 0 Å². The molecule has 2 heteroatoms. The Balaban J connectivity index is 2.01. The van der Waals surface area contributed by atoms with Crippen LogP contribution in [-0.4, -0.2) is 25.2 Å². The largest absolute Gasteiger partial charge is 0.312 e. The highest BCUT2D eigenvalue weighted by molar-refractivity contribution is 4.95. The zero-order valence-corrected chi connectivity index (χ0v) is 13.8. The first kappa shape index (κ1) is 16.3. The van der Waals surface area contributed by atoms with Gasteiger partial charge in [0.2, 0.25) is 0 Å². The number of hydrogen-bond donors (Lipinski definition) is 2.